The normalized spacial score (nSPS) is 18.6. The summed E-state index contributed by atoms with van der Waals surface area (Å²) >= 11 is 8.96. The highest BCUT2D eigenvalue weighted by Gasteiger charge is 2.34. The van der Waals surface area contributed by atoms with Crippen molar-refractivity contribution in [1.29, 1.82) is 0 Å². The van der Waals surface area contributed by atoms with Crippen LogP contribution < -0.4 is 5.32 Å². The second-order valence-electron chi connectivity index (χ2n) is 3.50. The van der Waals surface area contributed by atoms with E-state index in [1.54, 1.807) is 0 Å². The van der Waals surface area contributed by atoms with Crippen LogP contribution in [0.2, 0.25) is 0 Å². The molecule has 6 heteroatoms. The maximum atomic E-state index is 10.8. The lowest BCUT2D eigenvalue weighted by Crippen LogP contribution is -2.45. The van der Waals surface area contributed by atoms with Crippen LogP contribution in [0.4, 0.5) is 0 Å². The van der Waals surface area contributed by atoms with Crippen LogP contribution in [0, 0.1) is 0 Å². The second kappa shape index (κ2) is 5.08. The maximum Gasteiger partial charge on any atom is 0.339 e. The van der Waals surface area contributed by atoms with Crippen molar-refractivity contribution in [3.05, 3.63) is 45.0 Å². The zero-order valence-corrected chi connectivity index (χ0v) is 11.0. The summed E-state index contributed by atoms with van der Waals surface area (Å²) in [4.78, 5) is 10.8. The number of hydrogen-bond acceptors (Lipinski definition) is 3. The average molecular weight is 319 g/mol. The van der Waals surface area contributed by atoms with Crippen molar-refractivity contribution in [2.75, 3.05) is 0 Å². The van der Waals surface area contributed by atoms with E-state index in [4.69, 9.17) is 21.4 Å². The monoisotopic (exact) mass is 317 g/mol. The van der Waals surface area contributed by atoms with Gasteiger partial charge >= 0.3 is 5.97 Å². The molecule has 1 aromatic rings. The highest BCUT2D eigenvalue weighted by molar-refractivity contribution is 9.10. The number of carboxylic acid groups (broad SMARTS) is 1. The van der Waals surface area contributed by atoms with E-state index >= 15 is 0 Å². The number of halogens is 2. The summed E-state index contributed by atoms with van der Waals surface area (Å²) in [5.74, 6) is -1.06. The average Bonchev–Trinajstić information content (AvgIpc) is 2.22. The van der Waals surface area contributed by atoms with Gasteiger partial charge < -0.3 is 15.2 Å². The second-order valence-corrected chi connectivity index (χ2v) is 4.79. The number of nitrogens with one attached hydrogen (secondary N) is 1. The third-order valence-corrected chi connectivity index (χ3v) is 3.10. The van der Waals surface area contributed by atoms with Crippen LogP contribution in [0.3, 0.4) is 0 Å². The quantitative estimate of drug-likeness (QED) is 0.837. The van der Waals surface area contributed by atoms with Crippen LogP contribution in [0.15, 0.2) is 39.5 Å². The molecule has 2 N–H and O–H groups in total. The maximum absolute atomic E-state index is 10.8. The van der Waals surface area contributed by atoms with Crippen molar-refractivity contribution in [3.63, 3.8) is 0 Å². The number of carboxylic acids is 1. The van der Waals surface area contributed by atoms with Gasteiger partial charge in [-0.05, 0) is 17.7 Å². The summed E-state index contributed by atoms with van der Waals surface area (Å²) in [6.45, 7) is 0.318. The molecule has 0 bridgehead atoms. The highest BCUT2D eigenvalue weighted by Crippen LogP contribution is 2.24. The molecule has 0 radical (unpaired) electrons. The molecule has 0 amide bonds. The summed E-state index contributed by atoms with van der Waals surface area (Å²) < 4.78 is 6.36. The first-order chi connectivity index (χ1) is 8.08. The molecule has 0 aromatic heterocycles. The molecule has 0 fully saturated rings. The van der Waals surface area contributed by atoms with E-state index in [0.717, 1.165) is 10.0 Å². The van der Waals surface area contributed by atoms with Gasteiger partial charge in [-0.3, -0.25) is 0 Å². The topological polar surface area (TPSA) is 58.6 Å². The van der Waals surface area contributed by atoms with Gasteiger partial charge in [0, 0.05) is 4.47 Å². The lowest BCUT2D eigenvalue weighted by molar-refractivity contribution is -0.135. The van der Waals surface area contributed by atoms with Gasteiger partial charge in [0.25, 0.3) is 0 Å². The van der Waals surface area contributed by atoms with Gasteiger partial charge in [0.2, 0.25) is 0 Å². The van der Waals surface area contributed by atoms with Gasteiger partial charge in [0.1, 0.15) is 10.7 Å². The first-order valence-electron chi connectivity index (χ1n) is 4.83. The molecule has 4 nitrogen and oxygen atoms in total. The van der Waals surface area contributed by atoms with Crippen molar-refractivity contribution in [2.45, 2.75) is 12.8 Å². The molecule has 0 saturated heterocycles. The van der Waals surface area contributed by atoms with Crippen LogP contribution in [0.5, 0.6) is 0 Å². The van der Waals surface area contributed by atoms with Crippen molar-refractivity contribution >= 4 is 33.5 Å². The Kier molecular flexibility index (Phi) is 3.71. The Bertz CT molecular complexity index is 489. The lowest BCUT2D eigenvalue weighted by atomic mass is 10.1. The fraction of sp³-hybridized carbons (Fsp3) is 0.182. The van der Waals surface area contributed by atoms with E-state index in [-0.39, 0.29) is 10.7 Å². The fourth-order valence-corrected chi connectivity index (χ4v) is 2.17. The number of ether oxygens (including phenoxy) is 1. The molecule has 0 saturated carbocycles. The summed E-state index contributed by atoms with van der Waals surface area (Å²) in [6.07, 6.45) is -0.640. The van der Waals surface area contributed by atoms with Gasteiger partial charge in [-0.15, -0.1) is 0 Å². The van der Waals surface area contributed by atoms with Crippen LogP contribution in [0.25, 0.3) is 0 Å². The zero-order chi connectivity index (χ0) is 12.4. The number of rotatable bonds is 4. The fourth-order valence-electron chi connectivity index (χ4n) is 1.44. The molecule has 1 aliphatic rings. The first kappa shape index (κ1) is 12.4. The van der Waals surface area contributed by atoms with Crippen molar-refractivity contribution in [3.8, 4) is 0 Å². The van der Waals surface area contributed by atoms with E-state index < -0.39 is 12.2 Å². The summed E-state index contributed by atoms with van der Waals surface area (Å²) in [7, 11) is 0. The molecule has 0 aliphatic carbocycles. The van der Waals surface area contributed by atoms with Gasteiger partial charge in [0.05, 0.1) is 6.61 Å². The molecular weight excluding hydrogens is 309 g/mol. The summed E-state index contributed by atoms with van der Waals surface area (Å²) in [5.41, 5.74) is 1.02. The Morgan fingerprint density at radius 2 is 2.35 bits per heavy atom. The Morgan fingerprint density at radius 1 is 1.59 bits per heavy atom. The molecule has 1 aromatic carbocycles. The molecule has 1 aliphatic heterocycles. The molecule has 1 heterocycles. The predicted molar refractivity (Wildman–Crippen MR) is 66.4 cm³/mol. The number of hydrogen-bond donors (Lipinski definition) is 2. The Hall–Kier alpha value is -1.04. The van der Waals surface area contributed by atoms with Crippen LogP contribution >= 0.6 is 27.5 Å². The Balaban J connectivity index is 1.95. The SMILES string of the molecule is O=C(O)C1=C(Cl)NC1OCc1cccc(Br)c1. The Labute approximate surface area is 111 Å². The van der Waals surface area contributed by atoms with Crippen molar-refractivity contribution in [2.24, 2.45) is 0 Å². The largest absolute Gasteiger partial charge is 0.478 e. The molecule has 0 spiro atoms. The standard InChI is InChI=1S/C11H9BrClNO3/c12-7-3-1-2-6(4-7)5-17-10-8(11(15)16)9(13)14-10/h1-4,10,14H,5H2,(H,15,16). The number of aliphatic carboxylic acids is 1. The third kappa shape index (κ3) is 2.80. The zero-order valence-electron chi connectivity index (χ0n) is 8.61. The minimum Gasteiger partial charge on any atom is -0.478 e. The van der Waals surface area contributed by atoms with Crippen molar-refractivity contribution in [1.82, 2.24) is 5.32 Å². The molecule has 1 atom stereocenters. The molecular formula is C11H9BrClNO3. The van der Waals surface area contributed by atoms with Crippen LogP contribution in [-0.2, 0) is 16.1 Å². The van der Waals surface area contributed by atoms with Gasteiger partial charge in [-0.2, -0.15) is 0 Å². The third-order valence-electron chi connectivity index (χ3n) is 2.29. The van der Waals surface area contributed by atoms with Gasteiger partial charge in [0.15, 0.2) is 6.23 Å². The smallest absolute Gasteiger partial charge is 0.339 e. The molecule has 1 unspecified atom stereocenters. The minimum atomic E-state index is -1.06. The van der Waals surface area contributed by atoms with E-state index in [2.05, 4.69) is 21.2 Å². The number of benzene rings is 1. The minimum absolute atomic E-state index is 0.0710. The lowest BCUT2D eigenvalue weighted by Gasteiger charge is -2.29. The molecule has 17 heavy (non-hydrogen) atoms. The van der Waals surface area contributed by atoms with E-state index in [1.807, 2.05) is 24.3 Å². The van der Waals surface area contributed by atoms with E-state index in [0.29, 0.717) is 6.61 Å². The van der Waals surface area contributed by atoms with Crippen molar-refractivity contribution < 1.29 is 14.6 Å². The predicted octanol–water partition coefficient (Wildman–Crippen LogP) is 2.43. The number of carbonyl (C=O) groups is 1. The van der Waals surface area contributed by atoms with Gasteiger partial charge in [-0.25, -0.2) is 4.79 Å². The summed E-state index contributed by atoms with van der Waals surface area (Å²) in [6, 6.07) is 7.60. The Morgan fingerprint density at radius 3 is 2.94 bits per heavy atom. The van der Waals surface area contributed by atoms with E-state index in [1.165, 1.54) is 0 Å². The molecule has 2 rings (SSSR count). The first-order valence-corrected chi connectivity index (χ1v) is 6.00. The van der Waals surface area contributed by atoms with Crippen LogP contribution in [0.1, 0.15) is 5.56 Å². The van der Waals surface area contributed by atoms with Crippen LogP contribution in [-0.4, -0.2) is 17.3 Å². The highest BCUT2D eigenvalue weighted by atomic mass is 79.9. The summed E-state index contributed by atoms with van der Waals surface area (Å²) in [5, 5.41) is 11.7. The van der Waals surface area contributed by atoms with E-state index in [9.17, 15) is 4.79 Å². The molecule has 90 valence electrons. The van der Waals surface area contributed by atoms with Gasteiger partial charge in [-0.1, -0.05) is 39.7 Å².